The van der Waals surface area contributed by atoms with Crippen molar-refractivity contribution >= 4 is 56.4 Å². The van der Waals surface area contributed by atoms with E-state index < -0.39 is 0 Å². The van der Waals surface area contributed by atoms with Crippen molar-refractivity contribution < 1.29 is 4.79 Å². The topological polar surface area (TPSA) is 55.1 Å². The van der Waals surface area contributed by atoms with Gasteiger partial charge in [0.25, 0.3) is 5.91 Å². The van der Waals surface area contributed by atoms with Crippen LogP contribution in [0.15, 0.2) is 18.2 Å². The monoisotopic (exact) mass is 340 g/mol. The molecule has 21 heavy (non-hydrogen) atoms. The number of amides is 1. The Morgan fingerprint density at radius 3 is 2.86 bits per heavy atom. The summed E-state index contributed by atoms with van der Waals surface area (Å²) in [5, 5.41) is 4.43. The van der Waals surface area contributed by atoms with Gasteiger partial charge in [-0.25, -0.2) is 0 Å². The number of carbonyl (C=O) groups excluding carboxylic acids is 1. The second-order valence-corrected chi connectivity index (χ2v) is 7.91. The standard InChI is InChI=1S/C15H17ClN2OS2/c16-10-2-1-3-11-12(10)13(17)14(21-11)15(19)18-8-9-4-6-20-7-5-9/h1-3,9H,4-8,17H2,(H,18,19). The number of rotatable bonds is 3. The molecule has 0 unspecified atom stereocenters. The minimum atomic E-state index is -0.0806. The Kier molecular flexibility index (Phi) is 4.62. The van der Waals surface area contributed by atoms with E-state index in [0.717, 1.165) is 16.6 Å². The number of carbonyl (C=O) groups is 1. The first-order valence-corrected chi connectivity index (χ1v) is 9.34. The van der Waals surface area contributed by atoms with Crippen molar-refractivity contribution in [3.8, 4) is 0 Å². The van der Waals surface area contributed by atoms with E-state index in [2.05, 4.69) is 5.32 Å². The van der Waals surface area contributed by atoms with Gasteiger partial charge < -0.3 is 11.1 Å². The van der Waals surface area contributed by atoms with Crippen molar-refractivity contribution in [1.29, 1.82) is 0 Å². The molecule has 2 heterocycles. The van der Waals surface area contributed by atoms with E-state index in [4.69, 9.17) is 17.3 Å². The van der Waals surface area contributed by atoms with Crippen LogP contribution in [0.1, 0.15) is 22.5 Å². The number of nitrogens with two attached hydrogens (primary N) is 1. The highest BCUT2D eigenvalue weighted by Crippen LogP contribution is 2.37. The first-order chi connectivity index (χ1) is 10.2. The van der Waals surface area contributed by atoms with Crippen molar-refractivity contribution in [3.05, 3.63) is 28.1 Å². The predicted octanol–water partition coefficient (Wildman–Crippen LogP) is 4.01. The zero-order valence-electron chi connectivity index (χ0n) is 11.5. The van der Waals surface area contributed by atoms with Gasteiger partial charge in [0.15, 0.2) is 0 Å². The number of hydrogen-bond donors (Lipinski definition) is 2. The molecule has 1 fully saturated rings. The zero-order chi connectivity index (χ0) is 14.8. The summed E-state index contributed by atoms with van der Waals surface area (Å²) in [4.78, 5) is 12.9. The molecule has 1 amide bonds. The summed E-state index contributed by atoms with van der Waals surface area (Å²) in [5.41, 5.74) is 6.61. The van der Waals surface area contributed by atoms with Gasteiger partial charge >= 0.3 is 0 Å². The van der Waals surface area contributed by atoms with Crippen LogP contribution in [0.25, 0.3) is 10.1 Å². The molecule has 1 aliphatic rings. The van der Waals surface area contributed by atoms with Crippen LogP contribution in [-0.2, 0) is 0 Å². The van der Waals surface area contributed by atoms with Crippen molar-refractivity contribution in [2.75, 3.05) is 23.8 Å². The Morgan fingerprint density at radius 1 is 1.38 bits per heavy atom. The molecule has 0 atom stereocenters. The predicted molar refractivity (Wildman–Crippen MR) is 93.6 cm³/mol. The Morgan fingerprint density at radius 2 is 2.14 bits per heavy atom. The quantitative estimate of drug-likeness (QED) is 0.887. The molecule has 1 saturated heterocycles. The third kappa shape index (κ3) is 3.15. The summed E-state index contributed by atoms with van der Waals surface area (Å²) in [7, 11) is 0. The van der Waals surface area contributed by atoms with Crippen LogP contribution < -0.4 is 11.1 Å². The van der Waals surface area contributed by atoms with Gasteiger partial charge in [-0.05, 0) is 42.4 Å². The zero-order valence-corrected chi connectivity index (χ0v) is 13.9. The molecule has 1 aromatic heterocycles. The van der Waals surface area contributed by atoms with Gasteiger partial charge in [0, 0.05) is 16.6 Å². The van der Waals surface area contributed by atoms with Gasteiger partial charge in [-0.2, -0.15) is 11.8 Å². The fourth-order valence-electron chi connectivity index (χ4n) is 2.57. The van der Waals surface area contributed by atoms with E-state index in [0.29, 0.717) is 21.5 Å². The van der Waals surface area contributed by atoms with Crippen LogP contribution in [0.2, 0.25) is 5.02 Å². The fraction of sp³-hybridized carbons (Fsp3) is 0.400. The average molecular weight is 341 g/mol. The largest absolute Gasteiger partial charge is 0.397 e. The Labute approximate surface area is 137 Å². The normalized spacial score (nSPS) is 16.2. The number of thioether (sulfide) groups is 1. The molecule has 0 spiro atoms. The lowest BCUT2D eigenvalue weighted by Gasteiger charge is -2.21. The lowest BCUT2D eigenvalue weighted by Crippen LogP contribution is -2.30. The summed E-state index contributed by atoms with van der Waals surface area (Å²) in [6, 6.07) is 5.62. The van der Waals surface area contributed by atoms with Gasteiger partial charge in [0.1, 0.15) is 4.88 Å². The number of nitrogen functional groups attached to an aromatic ring is 1. The van der Waals surface area contributed by atoms with E-state index in [-0.39, 0.29) is 5.91 Å². The minimum absolute atomic E-state index is 0.0806. The highest BCUT2D eigenvalue weighted by molar-refractivity contribution is 7.99. The second-order valence-electron chi connectivity index (χ2n) is 5.22. The van der Waals surface area contributed by atoms with Crippen molar-refractivity contribution in [2.24, 2.45) is 5.92 Å². The van der Waals surface area contributed by atoms with E-state index >= 15 is 0 Å². The lowest BCUT2D eigenvalue weighted by atomic mass is 10.0. The number of nitrogens with one attached hydrogen (secondary N) is 1. The molecule has 3 N–H and O–H groups in total. The van der Waals surface area contributed by atoms with Crippen LogP contribution >= 0.6 is 34.7 Å². The molecule has 6 heteroatoms. The molecule has 3 nitrogen and oxygen atoms in total. The number of benzene rings is 1. The van der Waals surface area contributed by atoms with Gasteiger partial charge in [0.05, 0.1) is 10.7 Å². The molecule has 0 aliphatic carbocycles. The Balaban J connectivity index is 1.75. The van der Waals surface area contributed by atoms with Crippen LogP contribution in [0.4, 0.5) is 5.69 Å². The molecule has 112 valence electrons. The highest BCUT2D eigenvalue weighted by atomic mass is 35.5. The summed E-state index contributed by atoms with van der Waals surface area (Å²) in [5.74, 6) is 2.90. The third-order valence-corrected chi connectivity index (χ3v) is 6.33. The van der Waals surface area contributed by atoms with Gasteiger partial charge in [-0.3, -0.25) is 4.79 Å². The van der Waals surface area contributed by atoms with Crippen LogP contribution in [0, 0.1) is 5.92 Å². The highest BCUT2D eigenvalue weighted by Gasteiger charge is 2.20. The molecular weight excluding hydrogens is 324 g/mol. The molecule has 0 saturated carbocycles. The number of hydrogen-bond acceptors (Lipinski definition) is 4. The van der Waals surface area contributed by atoms with Gasteiger partial charge in [-0.15, -0.1) is 11.3 Å². The van der Waals surface area contributed by atoms with Crippen LogP contribution in [0.5, 0.6) is 0 Å². The maximum absolute atomic E-state index is 12.4. The summed E-state index contributed by atoms with van der Waals surface area (Å²) >= 11 is 9.57. The number of anilines is 1. The smallest absolute Gasteiger partial charge is 0.263 e. The molecule has 3 rings (SSSR count). The molecular formula is C15H17ClN2OS2. The van der Waals surface area contributed by atoms with Crippen LogP contribution in [-0.4, -0.2) is 24.0 Å². The molecule has 0 bridgehead atoms. The maximum Gasteiger partial charge on any atom is 0.263 e. The number of fused-ring (bicyclic) bond motifs is 1. The van der Waals surface area contributed by atoms with Gasteiger partial charge in [-0.1, -0.05) is 17.7 Å². The van der Waals surface area contributed by atoms with E-state index in [1.807, 2.05) is 23.9 Å². The average Bonchev–Trinajstić information content (AvgIpc) is 2.84. The first-order valence-electron chi connectivity index (χ1n) is 6.99. The Hall–Kier alpha value is -0.910. The minimum Gasteiger partial charge on any atom is -0.397 e. The number of halogens is 1. The van der Waals surface area contributed by atoms with Gasteiger partial charge in [0.2, 0.25) is 0 Å². The van der Waals surface area contributed by atoms with Crippen LogP contribution in [0.3, 0.4) is 0 Å². The van der Waals surface area contributed by atoms with E-state index in [1.165, 1.54) is 35.7 Å². The summed E-state index contributed by atoms with van der Waals surface area (Å²) in [6.45, 7) is 0.737. The molecule has 1 aromatic carbocycles. The van der Waals surface area contributed by atoms with Crippen molar-refractivity contribution in [3.63, 3.8) is 0 Å². The molecule has 0 radical (unpaired) electrons. The fourth-order valence-corrected chi connectivity index (χ4v) is 5.17. The number of thiophene rings is 1. The van der Waals surface area contributed by atoms with E-state index in [1.54, 1.807) is 6.07 Å². The summed E-state index contributed by atoms with van der Waals surface area (Å²) < 4.78 is 0.958. The van der Waals surface area contributed by atoms with E-state index in [9.17, 15) is 4.79 Å². The maximum atomic E-state index is 12.4. The second kappa shape index (κ2) is 6.46. The molecule has 2 aromatic rings. The SMILES string of the molecule is Nc1c(C(=O)NCC2CCSCC2)sc2cccc(Cl)c12. The van der Waals surface area contributed by atoms with Crippen molar-refractivity contribution in [2.45, 2.75) is 12.8 Å². The third-order valence-electron chi connectivity index (χ3n) is 3.80. The summed E-state index contributed by atoms with van der Waals surface area (Å²) in [6.07, 6.45) is 2.36. The Bertz CT molecular complexity index is 665. The van der Waals surface area contributed by atoms with Crippen molar-refractivity contribution in [1.82, 2.24) is 5.32 Å². The lowest BCUT2D eigenvalue weighted by molar-refractivity contribution is 0.0951. The molecule has 1 aliphatic heterocycles. The first kappa shape index (κ1) is 15.0.